The molecule has 14 heavy (non-hydrogen) atoms. The van der Waals surface area contributed by atoms with Crippen LogP contribution in [0, 0.1) is 0 Å². The van der Waals surface area contributed by atoms with E-state index in [4.69, 9.17) is 5.73 Å². The number of anilines is 1. The van der Waals surface area contributed by atoms with Crippen LogP contribution >= 0.6 is 12.4 Å². The van der Waals surface area contributed by atoms with E-state index in [1.54, 1.807) is 0 Å². The van der Waals surface area contributed by atoms with Crippen molar-refractivity contribution in [3.05, 3.63) is 23.8 Å². The molecule has 0 aliphatic rings. The van der Waals surface area contributed by atoms with Gasteiger partial charge in [-0.05, 0) is 12.1 Å². The van der Waals surface area contributed by atoms with E-state index in [2.05, 4.69) is 4.74 Å². The van der Waals surface area contributed by atoms with E-state index in [0.29, 0.717) is 0 Å². The highest BCUT2D eigenvalue weighted by molar-refractivity contribution is 5.85. The van der Waals surface area contributed by atoms with Gasteiger partial charge in [0.1, 0.15) is 5.75 Å². The van der Waals surface area contributed by atoms with Crippen LogP contribution in [0.1, 0.15) is 5.56 Å². The lowest BCUT2D eigenvalue weighted by Crippen LogP contribution is -2.07. The number of benzene rings is 1. The first-order valence-electron chi connectivity index (χ1n) is 3.46. The van der Waals surface area contributed by atoms with E-state index in [-0.39, 0.29) is 23.8 Å². The van der Waals surface area contributed by atoms with Crippen molar-refractivity contribution in [2.24, 2.45) is 0 Å². The molecule has 2 N–H and O–H groups in total. The smallest absolute Gasteiger partial charge is 0.419 e. The van der Waals surface area contributed by atoms with Gasteiger partial charge in [-0.3, -0.25) is 0 Å². The molecule has 0 radical (unpaired) electrons. The average Bonchev–Trinajstić information content (AvgIpc) is 2.01. The first kappa shape index (κ1) is 12.9. The molecule has 1 aromatic rings. The lowest BCUT2D eigenvalue weighted by Gasteiger charge is -2.11. The van der Waals surface area contributed by atoms with Crippen LogP contribution in [0.3, 0.4) is 0 Å². The Bertz CT molecular complexity index is 314. The van der Waals surface area contributed by atoms with Gasteiger partial charge in [0.25, 0.3) is 0 Å². The first-order valence-corrected chi connectivity index (χ1v) is 3.46. The number of nitrogens with two attached hydrogens (primary N) is 1. The molecule has 0 heterocycles. The topological polar surface area (TPSA) is 35.2 Å². The Morgan fingerprint density at radius 2 is 1.86 bits per heavy atom. The second kappa shape index (κ2) is 4.41. The standard InChI is InChI=1S/C8H8F3NO.ClH/c1-13-7-4-5(12)2-3-6(7)8(9,10)11;/h2-4H,12H2,1H3;1H. The van der Waals surface area contributed by atoms with Gasteiger partial charge < -0.3 is 10.5 Å². The average molecular weight is 228 g/mol. The van der Waals surface area contributed by atoms with Gasteiger partial charge >= 0.3 is 6.18 Å². The van der Waals surface area contributed by atoms with E-state index in [1.807, 2.05) is 0 Å². The van der Waals surface area contributed by atoms with Crippen molar-refractivity contribution in [1.82, 2.24) is 0 Å². The SMILES string of the molecule is COc1cc(N)ccc1C(F)(F)F.Cl. The molecule has 2 nitrogen and oxygen atoms in total. The molecular formula is C8H9ClF3NO. The number of nitrogen functional groups attached to an aromatic ring is 1. The van der Waals surface area contributed by atoms with E-state index in [0.717, 1.165) is 12.1 Å². The molecule has 0 spiro atoms. The number of hydrogen-bond donors (Lipinski definition) is 1. The van der Waals surface area contributed by atoms with Crippen molar-refractivity contribution < 1.29 is 17.9 Å². The monoisotopic (exact) mass is 227 g/mol. The lowest BCUT2D eigenvalue weighted by atomic mass is 10.2. The molecule has 0 aromatic heterocycles. The second-order valence-electron chi connectivity index (χ2n) is 2.46. The molecule has 0 saturated heterocycles. The van der Waals surface area contributed by atoms with Crippen molar-refractivity contribution >= 4 is 18.1 Å². The molecule has 1 aromatic carbocycles. The van der Waals surface area contributed by atoms with Crippen LogP contribution < -0.4 is 10.5 Å². The number of rotatable bonds is 1. The number of ether oxygens (including phenoxy) is 1. The van der Waals surface area contributed by atoms with Crippen LogP contribution in [0.2, 0.25) is 0 Å². The summed E-state index contributed by atoms with van der Waals surface area (Å²) in [5, 5.41) is 0. The summed E-state index contributed by atoms with van der Waals surface area (Å²) in [7, 11) is 1.17. The molecule has 0 saturated carbocycles. The number of alkyl halides is 3. The first-order chi connectivity index (χ1) is 5.95. The van der Waals surface area contributed by atoms with Gasteiger partial charge in [0.05, 0.1) is 12.7 Å². The lowest BCUT2D eigenvalue weighted by molar-refractivity contribution is -0.138. The van der Waals surface area contributed by atoms with Crippen LogP contribution in [0.25, 0.3) is 0 Å². The van der Waals surface area contributed by atoms with Gasteiger partial charge in [-0.1, -0.05) is 0 Å². The van der Waals surface area contributed by atoms with Crippen molar-refractivity contribution in [3.8, 4) is 5.75 Å². The molecule has 0 aliphatic carbocycles. The molecule has 0 unspecified atom stereocenters. The fourth-order valence-electron chi connectivity index (χ4n) is 0.942. The molecule has 6 heteroatoms. The van der Waals surface area contributed by atoms with E-state index >= 15 is 0 Å². The quantitative estimate of drug-likeness (QED) is 0.749. The summed E-state index contributed by atoms with van der Waals surface area (Å²) in [6, 6.07) is 3.22. The maximum Gasteiger partial charge on any atom is 0.419 e. The number of methoxy groups -OCH3 is 1. The van der Waals surface area contributed by atoms with Gasteiger partial charge in [0.15, 0.2) is 0 Å². The highest BCUT2D eigenvalue weighted by atomic mass is 35.5. The predicted molar refractivity (Wildman–Crippen MR) is 49.7 cm³/mol. The normalized spacial score (nSPS) is 10.6. The summed E-state index contributed by atoms with van der Waals surface area (Å²) in [4.78, 5) is 0. The van der Waals surface area contributed by atoms with Crippen LogP contribution in [0.4, 0.5) is 18.9 Å². The third kappa shape index (κ3) is 2.70. The highest BCUT2D eigenvalue weighted by Crippen LogP contribution is 2.36. The predicted octanol–water partition coefficient (Wildman–Crippen LogP) is 2.72. The molecule has 0 aliphatic heterocycles. The zero-order valence-corrected chi connectivity index (χ0v) is 8.08. The van der Waals surface area contributed by atoms with Crippen LogP contribution in [0.5, 0.6) is 5.75 Å². The maximum atomic E-state index is 12.2. The summed E-state index contributed by atoms with van der Waals surface area (Å²) in [6.07, 6.45) is -4.40. The minimum atomic E-state index is -4.40. The Kier molecular flexibility index (Phi) is 4.07. The fourth-order valence-corrected chi connectivity index (χ4v) is 0.942. The Morgan fingerprint density at radius 3 is 2.29 bits per heavy atom. The van der Waals surface area contributed by atoms with E-state index in [1.165, 1.54) is 13.2 Å². The highest BCUT2D eigenvalue weighted by Gasteiger charge is 2.34. The van der Waals surface area contributed by atoms with Crippen LogP contribution in [0.15, 0.2) is 18.2 Å². The van der Waals surface area contributed by atoms with E-state index in [9.17, 15) is 13.2 Å². The largest absolute Gasteiger partial charge is 0.496 e. The van der Waals surface area contributed by atoms with Crippen molar-refractivity contribution in [2.75, 3.05) is 12.8 Å². The Balaban J connectivity index is 0.00000169. The molecule has 0 bridgehead atoms. The Hall–Kier alpha value is -1.10. The molecule has 0 fully saturated rings. The van der Waals surface area contributed by atoms with E-state index < -0.39 is 11.7 Å². The molecule has 1 rings (SSSR count). The Morgan fingerprint density at radius 1 is 1.29 bits per heavy atom. The van der Waals surface area contributed by atoms with Crippen LogP contribution in [-0.2, 0) is 6.18 Å². The summed E-state index contributed by atoms with van der Waals surface area (Å²) < 4.78 is 41.3. The minimum Gasteiger partial charge on any atom is -0.496 e. The van der Waals surface area contributed by atoms with Gasteiger partial charge in [-0.2, -0.15) is 13.2 Å². The summed E-state index contributed by atoms with van der Waals surface area (Å²) >= 11 is 0. The van der Waals surface area contributed by atoms with Crippen molar-refractivity contribution in [3.63, 3.8) is 0 Å². The molecular weight excluding hydrogens is 219 g/mol. The third-order valence-electron chi connectivity index (χ3n) is 1.53. The minimum absolute atomic E-state index is 0. The number of hydrogen-bond acceptors (Lipinski definition) is 2. The van der Waals surface area contributed by atoms with Gasteiger partial charge in [0, 0.05) is 11.8 Å². The van der Waals surface area contributed by atoms with Gasteiger partial charge in [-0.15, -0.1) is 12.4 Å². The third-order valence-corrected chi connectivity index (χ3v) is 1.53. The maximum absolute atomic E-state index is 12.2. The van der Waals surface area contributed by atoms with Crippen molar-refractivity contribution in [2.45, 2.75) is 6.18 Å². The molecule has 0 amide bonds. The van der Waals surface area contributed by atoms with Crippen LogP contribution in [-0.4, -0.2) is 7.11 Å². The molecule has 0 atom stereocenters. The zero-order chi connectivity index (χ0) is 10.1. The summed E-state index contributed by atoms with van der Waals surface area (Å²) in [5.41, 5.74) is 4.72. The molecule has 80 valence electrons. The summed E-state index contributed by atoms with van der Waals surface area (Å²) in [5.74, 6) is -0.257. The Labute approximate surface area is 85.3 Å². The van der Waals surface area contributed by atoms with Crippen molar-refractivity contribution in [1.29, 1.82) is 0 Å². The van der Waals surface area contributed by atoms with Gasteiger partial charge in [-0.25, -0.2) is 0 Å². The summed E-state index contributed by atoms with van der Waals surface area (Å²) in [6.45, 7) is 0. The fraction of sp³-hybridized carbons (Fsp3) is 0.250. The second-order valence-corrected chi connectivity index (χ2v) is 2.46. The zero-order valence-electron chi connectivity index (χ0n) is 7.26. The number of halogens is 4. The van der Waals surface area contributed by atoms with Gasteiger partial charge in [0.2, 0.25) is 0 Å².